The Labute approximate surface area is 124 Å². The van der Waals surface area contributed by atoms with E-state index in [4.69, 9.17) is 9.84 Å². The van der Waals surface area contributed by atoms with Gasteiger partial charge in [-0.1, -0.05) is 13.3 Å². The zero-order valence-electron chi connectivity index (χ0n) is 9.57. The standard InChI is InChI=1S/C11H14O3.ClH.Na/c1-2-3-8-14-11(13)9-4-6-10(12)7-5-9;;/h4-7,12H,2-3,8H2,1H3;1H;/q;;+1/p-1. The van der Waals surface area contributed by atoms with Crippen molar-refractivity contribution in [3.63, 3.8) is 0 Å². The fraction of sp³-hybridized carbons (Fsp3) is 0.364. The fourth-order valence-electron chi connectivity index (χ4n) is 0.990. The molecule has 0 aliphatic rings. The summed E-state index contributed by atoms with van der Waals surface area (Å²) in [5, 5.41) is 9.00. The maximum absolute atomic E-state index is 11.3. The first kappa shape index (κ1) is 18.2. The molecule has 0 aliphatic carbocycles. The van der Waals surface area contributed by atoms with Crippen molar-refractivity contribution in [1.82, 2.24) is 0 Å². The number of unbranched alkanes of at least 4 members (excludes halogenated alkanes) is 1. The van der Waals surface area contributed by atoms with Crippen molar-refractivity contribution in [2.75, 3.05) is 6.61 Å². The van der Waals surface area contributed by atoms with Crippen molar-refractivity contribution in [3.05, 3.63) is 29.8 Å². The number of hydrogen-bond acceptors (Lipinski definition) is 3. The molecule has 0 radical (unpaired) electrons. The molecular weight excluding hydrogens is 239 g/mol. The summed E-state index contributed by atoms with van der Waals surface area (Å²) in [6.45, 7) is 2.49. The predicted molar refractivity (Wildman–Crippen MR) is 53.3 cm³/mol. The van der Waals surface area contributed by atoms with Crippen LogP contribution in [-0.4, -0.2) is 17.7 Å². The second kappa shape index (κ2) is 9.97. The minimum absolute atomic E-state index is 0. The van der Waals surface area contributed by atoms with Crippen LogP contribution in [0.25, 0.3) is 0 Å². The second-order valence-corrected chi connectivity index (χ2v) is 3.04. The molecule has 0 spiro atoms. The number of carbonyl (C=O) groups is 1. The van der Waals surface area contributed by atoms with E-state index in [1.54, 1.807) is 12.1 Å². The van der Waals surface area contributed by atoms with Crippen molar-refractivity contribution < 1.29 is 56.6 Å². The van der Waals surface area contributed by atoms with Gasteiger partial charge in [0.2, 0.25) is 0 Å². The number of ether oxygens (including phenoxy) is 1. The average Bonchev–Trinajstić information content (AvgIpc) is 2.19. The van der Waals surface area contributed by atoms with E-state index < -0.39 is 0 Å². The Bertz CT molecular complexity index is 301. The van der Waals surface area contributed by atoms with E-state index >= 15 is 0 Å². The van der Waals surface area contributed by atoms with Gasteiger partial charge in [-0.3, -0.25) is 0 Å². The minimum atomic E-state index is -0.335. The van der Waals surface area contributed by atoms with E-state index in [1.165, 1.54) is 12.1 Å². The third kappa shape index (κ3) is 6.38. The Hall–Kier alpha value is -0.220. The van der Waals surface area contributed by atoms with E-state index in [1.807, 2.05) is 6.92 Å². The van der Waals surface area contributed by atoms with Gasteiger partial charge in [0.1, 0.15) is 5.75 Å². The molecule has 0 bridgehead atoms. The first-order valence-electron chi connectivity index (χ1n) is 4.70. The maximum atomic E-state index is 11.3. The molecule has 0 saturated heterocycles. The van der Waals surface area contributed by atoms with Crippen LogP contribution in [0.15, 0.2) is 24.3 Å². The summed E-state index contributed by atoms with van der Waals surface area (Å²) >= 11 is 0. The Morgan fingerprint density at radius 1 is 1.31 bits per heavy atom. The normalized spacial score (nSPS) is 8.56. The van der Waals surface area contributed by atoms with Crippen LogP contribution in [0.3, 0.4) is 0 Å². The molecule has 16 heavy (non-hydrogen) atoms. The number of esters is 1. The summed E-state index contributed by atoms with van der Waals surface area (Å²) in [5.41, 5.74) is 0.471. The summed E-state index contributed by atoms with van der Waals surface area (Å²) in [5.74, 6) is -0.187. The number of phenols is 1. The van der Waals surface area contributed by atoms with Crippen molar-refractivity contribution in [1.29, 1.82) is 0 Å². The van der Waals surface area contributed by atoms with E-state index in [-0.39, 0.29) is 53.7 Å². The van der Waals surface area contributed by atoms with Crippen LogP contribution in [0.4, 0.5) is 0 Å². The Kier molecular flexibility index (Phi) is 11.3. The Morgan fingerprint density at radius 2 is 1.88 bits per heavy atom. The largest absolute Gasteiger partial charge is 1.00 e. The molecule has 0 heterocycles. The first-order chi connectivity index (χ1) is 6.74. The molecule has 1 aromatic carbocycles. The molecule has 0 aromatic heterocycles. The van der Waals surface area contributed by atoms with Gasteiger partial charge in [0.25, 0.3) is 0 Å². The van der Waals surface area contributed by atoms with Crippen molar-refractivity contribution in [3.8, 4) is 5.75 Å². The van der Waals surface area contributed by atoms with Gasteiger partial charge >= 0.3 is 35.5 Å². The van der Waals surface area contributed by atoms with Crippen LogP contribution in [0.1, 0.15) is 30.1 Å². The summed E-state index contributed by atoms with van der Waals surface area (Å²) < 4.78 is 4.99. The third-order valence-corrected chi connectivity index (χ3v) is 1.83. The molecule has 3 nitrogen and oxygen atoms in total. The fourth-order valence-corrected chi connectivity index (χ4v) is 0.990. The predicted octanol–water partition coefficient (Wildman–Crippen LogP) is -3.64. The Morgan fingerprint density at radius 3 is 2.38 bits per heavy atom. The summed E-state index contributed by atoms with van der Waals surface area (Å²) in [6.07, 6.45) is 1.88. The van der Waals surface area contributed by atoms with Gasteiger partial charge in [0, 0.05) is 0 Å². The molecular formula is C11H14ClNaO3. The third-order valence-electron chi connectivity index (χ3n) is 1.83. The van der Waals surface area contributed by atoms with Crippen LogP contribution in [0, 0.1) is 0 Å². The van der Waals surface area contributed by atoms with Gasteiger partial charge in [-0.15, -0.1) is 0 Å². The molecule has 1 rings (SSSR count). The SMILES string of the molecule is CCCCOC(=O)c1ccc(O)cc1.[Cl-].[Na+]. The van der Waals surface area contributed by atoms with Gasteiger partial charge in [-0.05, 0) is 30.7 Å². The quantitative estimate of drug-likeness (QED) is 0.342. The second-order valence-electron chi connectivity index (χ2n) is 3.04. The summed E-state index contributed by atoms with van der Waals surface area (Å²) in [4.78, 5) is 11.3. The molecule has 0 aliphatic heterocycles. The zero-order valence-corrected chi connectivity index (χ0v) is 12.3. The van der Waals surface area contributed by atoms with E-state index in [9.17, 15) is 4.79 Å². The zero-order chi connectivity index (χ0) is 10.4. The molecule has 0 fully saturated rings. The van der Waals surface area contributed by atoms with Crippen LogP contribution < -0.4 is 42.0 Å². The summed E-state index contributed by atoms with van der Waals surface area (Å²) in [6, 6.07) is 6.03. The van der Waals surface area contributed by atoms with E-state index in [2.05, 4.69) is 0 Å². The smallest absolute Gasteiger partial charge is 1.00 e. The molecule has 1 aromatic rings. The number of rotatable bonds is 4. The van der Waals surface area contributed by atoms with Crippen LogP contribution in [-0.2, 0) is 4.74 Å². The number of hydrogen-bond donors (Lipinski definition) is 1. The number of aromatic hydroxyl groups is 1. The van der Waals surface area contributed by atoms with Crippen molar-refractivity contribution in [2.24, 2.45) is 0 Å². The van der Waals surface area contributed by atoms with Crippen molar-refractivity contribution in [2.45, 2.75) is 19.8 Å². The number of benzene rings is 1. The van der Waals surface area contributed by atoms with Gasteiger partial charge < -0.3 is 22.3 Å². The summed E-state index contributed by atoms with van der Waals surface area (Å²) in [7, 11) is 0. The van der Waals surface area contributed by atoms with Crippen molar-refractivity contribution >= 4 is 5.97 Å². The van der Waals surface area contributed by atoms with Gasteiger partial charge in [-0.25, -0.2) is 4.79 Å². The molecule has 5 heteroatoms. The number of carbonyl (C=O) groups excluding carboxylic acids is 1. The number of halogens is 1. The molecule has 84 valence electrons. The van der Waals surface area contributed by atoms with E-state index in [0.717, 1.165) is 12.8 Å². The van der Waals surface area contributed by atoms with E-state index in [0.29, 0.717) is 12.2 Å². The molecule has 1 N–H and O–H groups in total. The molecule has 0 unspecified atom stereocenters. The maximum Gasteiger partial charge on any atom is 1.00 e. The first-order valence-corrected chi connectivity index (χ1v) is 4.70. The van der Waals surface area contributed by atoms with Gasteiger partial charge in [-0.2, -0.15) is 0 Å². The molecule has 0 atom stereocenters. The van der Waals surface area contributed by atoms with Gasteiger partial charge in [0.15, 0.2) is 0 Å². The topological polar surface area (TPSA) is 46.5 Å². The number of phenolic OH excluding ortho intramolecular Hbond substituents is 1. The average molecular weight is 253 g/mol. The minimum Gasteiger partial charge on any atom is -1.00 e. The monoisotopic (exact) mass is 252 g/mol. The molecule has 0 amide bonds. The molecule has 0 saturated carbocycles. The van der Waals surface area contributed by atoms with Crippen LogP contribution in [0.2, 0.25) is 0 Å². The van der Waals surface area contributed by atoms with Gasteiger partial charge in [0.05, 0.1) is 12.2 Å². The Balaban J connectivity index is 0. The van der Waals surface area contributed by atoms with Crippen LogP contribution >= 0.6 is 0 Å². The van der Waals surface area contributed by atoms with Crippen LogP contribution in [0.5, 0.6) is 5.75 Å².